The zero-order valence-electron chi connectivity index (χ0n) is 11.4. The van der Waals surface area contributed by atoms with Gasteiger partial charge in [-0.05, 0) is 27.2 Å². The summed E-state index contributed by atoms with van der Waals surface area (Å²) in [6.07, 6.45) is 0.810. The molecule has 0 aliphatic rings. The van der Waals surface area contributed by atoms with Crippen molar-refractivity contribution in [3.8, 4) is 0 Å². The lowest BCUT2D eigenvalue weighted by Crippen LogP contribution is -2.37. The third-order valence-electron chi connectivity index (χ3n) is 2.69. The van der Waals surface area contributed by atoms with Gasteiger partial charge in [0.2, 0.25) is 0 Å². The highest BCUT2D eigenvalue weighted by Gasteiger charge is 2.26. The second-order valence-corrected chi connectivity index (χ2v) is 7.10. The normalized spacial score (nSPS) is 11.9. The molecule has 5 nitrogen and oxygen atoms in total. The SMILES string of the molecule is CCCN(C(=O)c1cc(S(=O)(=O)Cl)c(C)o1)C(C)C. The number of carbonyl (C=O) groups excluding carboxylic acids is 1. The van der Waals surface area contributed by atoms with E-state index in [2.05, 4.69) is 0 Å². The monoisotopic (exact) mass is 307 g/mol. The summed E-state index contributed by atoms with van der Waals surface area (Å²) in [6.45, 7) is 7.79. The number of amides is 1. The van der Waals surface area contributed by atoms with Gasteiger partial charge in [-0.3, -0.25) is 4.79 Å². The number of halogens is 1. The molecule has 7 heteroatoms. The summed E-state index contributed by atoms with van der Waals surface area (Å²) >= 11 is 0. The van der Waals surface area contributed by atoms with E-state index in [0.717, 1.165) is 6.42 Å². The Balaban J connectivity index is 3.13. The van der Waals surface area contributed by atoms with E-state index in [9.17, 15) is 13.2 Å². The molecule has 0 unspecified atom stereocenters. The Morgan fingerprint density at radius 3 is 2.42 bits per heavy atom. The molecule has 108 valence electrons. The molecule has 1 rings (SSSR count). The molecule has 0 saturated carbocycles. The Hall–Kier alpha value is -1.01. The van der Waals surface area contributed by atoms with Crippen molar-refractivity contribution in [1.82, 2.24) is 4.90 Å². The van der Waals surface area contributed by atoms with Crippen LogP contribution < -0.4 is 0 Å². The fraction of sp³-hybridized carbons (Fsp3) is 0.583. The number of hydrogen-bond donors (Lipinski definition) is 0. The Morgan fingerprint density at radius 2 is 2.05 bits per heavy atom. The van der Waals surface area contributed by atoms with Crippen LogP contribution in [-0.2, 0) is 9.05 Å². The highest BCUT2D eigenvalue weighted by Crippen LogP contribution is 2.24. The molecule has 1 aromatic rings. The quantitative estimate of drug-likeness (QED) is 0.784. The van der Waals surface area contributed by atoms with Gasteiger partial charge in [-0.25, -0.2) is 8.42 Å². The van der Waals surface area contributed by atoms with Crippen LogP contribution in [0.25, 0.3) is 0 Å². The molecular weight excluding hydrogens is 290 g/mol. The predicted octanol–water partition coefficient (Wildman–Crippen LogP) is 2.78. The van der Waals surface area contributed by atoms with Crippen LogP contribution in [0.5, 0.6) is 0 Å². The number of nitrogens with zero attached hydrogens (tertiary/aromatic N) is 1. The Labute approximate surface area is 117 Å². The molecule has 0 atom stereocenters. The molecule has 0 spiro atoms. The number of furan rings is 1. The number of rotatable bonds is 5. The Morgan fingerprint density at radius 1 is 1.47 bits per heavy atom. The van der Waals surface area contributed by atoms with Crippen LogP contribution in [0, 0.1) is 6.92 Å². The molecule has 0 bridgehead atoms. The fourth-order valence-corrected chi connectivity index (χ4v) is 2.88. The third kappa shape index (κ3) is 3.73. The first-order valence-corrected chi connectivity index (χ1v) is 8.35. The lowest BCUT2D eigenvalue weighted by Gasteiger charge is -2.25. The second-order valence-electron chi connectivity index (χ2n) is 4.56. The van der Waals surface area contributed by atoms with Gasteiger partial charge in [0, 0.05) is 29.3 Å². The third-order valence-corrected chi connectivity index (χ3v) is 4.12. The highest BCUT2D eigenvalue weighted by atomic mass is 35.7. The van der Waals surface area contributed by atoms with E-state index in [4.69, 9.17) is 15.1 Å². The summed E-state index contributed by atoms with van der Waals surface area (Å²) in [5, 5.41) is 0. The van der Waals surface area contributed by atoms with Gasteiger partial charge in [0.05, 0.1) is 0 Å². The van der Waals surface area contributed by atoms with Gasteiger partial charge in [0.15, 0.2) is 5.76 Å². The van der Waals surface area contributed by atoms with E-state index in [0.29, 0.717) is 6.54 Å². The smallest absolute Gasteiger partial charge is 0.289 e. The number of carbonyl (C=O) groups is 1. The van der Waals surface area contributed by atoms with E-state index in [1.807, 2.05) is 20.8 Å². The van der Waals surface area contributed by atoms with E-state index >= 15 is 0 Å². The number of aryl methyl sites for hydroxylation is 1. The van der Waals surface area contributed by atoms with Crippen LogP contribution in [0.1, 0.15) is 43.5 Å². The molecule has 1 aromatic heterocycles. The van der Waals surface area contributed by atoms with Gasteiger partial charge in [-0.2, -0.15) is 0 Å². The average molecular weight is 308 g/mol. The van der Waals surface area contributed by atoms with Gasteiger partial charge < -0.3 is 9.32 Å². The van der Waals surface area contributed by atoms with Crippen molar-refractivity contribution in [2.45, 2.75) is 45.1 Å². The van der Waals surface area contributed by atoms with Gasteiger partial charge >= 0.3 is 0 Å². The van der Waals surface area contributed by atoms with E-state index in [1.54, 1.807) is 4.90 Å². The Kier molecular flexibility index (Phi) is 5.04. The average Bonchev–Trinajstić information content (AvgIpc) is 2.66. The molecule has 0 radical (unpaired) electrons. The van der Waals surface area contributed by atoms with Gasteiger partial charge in [0.25, 0.3) is 15.0 Å². The van der Waals surface area contributed by atoms with Gasteiger partial charge in [-0.1, -0.05) is 6.92 Å². The largest absolute Gasteiger partial charge is 0.455 e. The van der Waals surface area contributed by atoms with Gasteiger partial charge in [0.1, 0.15) is 10.7 Å². The number of hydrogen-bond acceptors (Lipinski definition) is 4. The maximum Gasteiger partial charge on any atom is 0.289 e. The second kappa shape index (κ2) is 5.96. The van der Waals surface area contributed by atoms with Crippen molar-refractivity contribution in [3.63, 3.8) is 0 Å². The molecule has 0 saturated heterocycles. The summed E-state index contributed by atoms with van der Waals surface area (Å²) in [7, 11) is 1.38. The zero-order chi connectivity index (χ0) is 14.8. The lowest BCUT2D eigenvalue weighted by molar-refractivity contribution is 0.0672. The first-order chi connectivity index (χ1) is 8.68. The van der Waals surface area contributed by atoms with Crippen LogP contribution in [0.4, 0.5) is 0 Å². The molecule has 19 heavy (non-hydrogen) atoms. The summed E-state index contributed by atoms with van der Waals surface area (Å²) in [5.41, 5.74) is 0. The summed E-state index contributed by atoms with van der Waals surface area (Å²) in [6, 6.07) is 1.19. The van der Waals surface area contributed by atoms with Crippen molar-refractivity contribution < 1.29 is 17.6 Å². The molecule has 0 aliphatic carbocycles. The molecule has 0 fully saturated rings. The minimum atomic E-state index is -3.90. The minimum absolute atomic E-state index is 0.00104. The molecular formula is C12H18ClNO4S. The molecule has 1 amide bonds. The zero-order valence-corrected chi connectivity index (χ0v) is 13.0. The van der Waals surface area contributed by atoms with Crippen LogP contribution in [0.15, 0.2) is 15.4 Å². The van der Waals surface area contributed by atoms with E-state index < -0.39 is 9.05 Å². The molecule has 0 N–H and O–H groups in total. The standard InChI is InChI=1S/C12H18ClNO4S/c1-5-6-14(8(2)3)12(15)10-7-11(9(4)18-10)19(13,16)17/h7-8H,5-6H2,1-4H3. The summed E-state index contributed by atoms with van der Waals surface area (Å²) in [4.78, 5) is 13.7. The Bertz CT molecular complexity index is 562. The van der Waals surface area contributed by atoms with Crippen LogP contribution in [-0.4, -0.2) is 31.8 Å². The van der Waals surface area contributed by atoms with Crippen LogP contribution in [0.3, 0.4) is 0 Å². The van der Waals surface area contributed by atoms with E-state index in [1.165, 1.54) is 13.0 Å². The molecule has 0 aliphatic heterocycles. The van der Waals surface area contributed by atoms with E-state index in [-0.39, 0.29) is 28.4 Å². The van der Waals surface area contributed by atoms with Crippen molar-refractivity contribution >= 4 is 25.6 Å². The van der Waals surface area contributed by atoms with Crippen molar-refractivity contribution in [3.05, 3.63) is 17.6 Å². The maximum atomic E-state index is 12.3. The van der Waals surface area contributed by atoms with Gasteiger partial charge in [-0.15, -0.1) is 0 Å². The molecule has 1 heterocycles. The maximum absolute atomic E-state index is 12.3. The molecule has 0 aromatic carbocycles. The minimum Gasteiger partial charge on any atom is -0.455 e. The summed E-state index contributed by atoms with van der Waals surface area (Å²) in [5.74, 6) is -0.205. The highest BCUT2D eigenvalue weighted by molar-refractivity contribution is 8.13. The fourth-order valence-electron chi connectivity index (χ4n) is 1.79. The predicted molar refractivity (Wildman–Crippen MR) is 72.9 cm³/mol. The van der Waals surface area contributed by atoms with Crippen molar-refractivity contribution in [2.75, 3.05) is 6.54 Å². The topological polar surface area (TPSA) is 67.6 Å². The van der Waals surface area contributed by atoms with Crippen molar-refractivity contribution in [1.29, 1.82) is 0 Å². The van der Waals surface area contributed by atoms with Crippen LogP contribution >= 0.6 is 10.7 Å². The van der Waals surface area contributed by atoms with Crippen LogP contribution in [0.2, 0.25) is 0 Å². The first-order valence-electron chi connectivity index (χ1n) is 6.04. The summed E-state index contributed by atoms with van der Waals surface area (Å²) < 4.78 is 27.8. The first kappa shape index (κ1) is 16.0. The van der Waals surface area contributed by atoms with Crippen molar-refractivity contribution in [2.24, 2.45) is 0 Å². The lowest BCUT2D eigenvalue weighted by atomic mass is 10.2.